The summed E-state index contributed by atoms with van der Waals surface area (Å²) in [7, 11) is -0.744. The summed E-state index contributed by atoms with van der Waals surface area (Å²) < 4.78 is 38.9. The van der Waals surface area contributed by atoms with Crippen molar-refractivity contribution < 1.29 is 22.7 Å². The van der Waals surface area contributed by atoms with E-state index < -0.39 is 22.0 Å². The van der Waals surface area contributed by atoms with Gasteiger partial charge in [0.25, 0.3) is 0 Å². The van der Waals surface area contributed by atoms with Crippen LogP contribution in [0.15, 0.2) is 52.7 Å². The SMILES string of the molecule is COc1ccc(-c2csc(NC(=O)[C@H](CC(C)C)NS(=O)(=O)c3ccc(C)cc3)n2)cc1OC. The number of methoxy groups -OCH3 is 2. The summed E-state index contributed by atoms with van der Waals surface area (Å²) in [6.07, 6.45) is 0.338. The van der Waals surface area contributed by atoms with Gasteiger partial charge >= 0.3 is 0 Å². The summed E-state index contributed by atoms with van der Waals surface area (Å²) in [6.45, 7) is 5.74. The van der Waals surface area contributed by atoms with E-state index in [1.807, 2.05) is 32.2 Å². The number of anilines is 1. The van der Waals surface area contributed by atoms with E-state index in [1.54, 1.807) is 38.5 Å². The predicted molar refractivity (Wildman–Crippen MR) is 134 cm³/mol. The van der Waals surface area contributed by atoms with Crippen LogP contribution in [0.5, 0.6) is 11.5 Å². The number of ether oxygens (including phenoxy) is 2. The fraction of sp³-hybridized carbons (Fsp3) is 0.333. The molecular formula is C24H29N3O5S2. The van der Waals surface area contributed by atoms with Crippen molar-refractivity contribution in [1.82, 2.24) is 9.71 Å². The van der Waals surface area contributed by atoms with Crippen LogP contribution >= 0.6 is 11.3 Å². The molecule has 0 saturated carbocycles. The molecule has 0 radical (unpaired) electrons. The number of amides is 1. The summed E-state index contributed by atoms with van der Waals surface area (Å²) in [5.41, 5.74) is 2.40. The standard InChI is InChI=1S/C24H29N3O5S2/c1-15(2)12-19(27-34(29,30)18-9-6-16(3)7-10-18)23(28)26-24-25-20(14-33-24)17-8-11-21(31-4)22(13-17)32-5/h6-11,13-15,19,27H,12H2,1-5H3,(H,25,26,28)/t19-/m0/s1. The maximum absolute atomic E-state index is 13.0. The van der Waals surface area contributed by atoms with Crippen molar-refractivity contribution >= 4 is 32.4 Å². The highest BCUT2D eigenvalue weighted by atomic mass is 32.2. The van der Waals surface area contributed by atoms with Crippen LogP contribution in [0.25, 0.3) is 11.3 Å². The normalized spacial score (nSPS) is 12.4. The molecule has 1 aromatic heterocycles. The molecule has 0 unspecified atom stereocenters. The van der Waals surface area contributed by atoms with Crippen molar-refractivity contribution in [3.05, 3.63) is 53.4 Å². The molecule has 10 heteroatoms. The third-order valence-corrected chi connectivity index (χ3v) is 7.31. The lowest BCUT2D eigenvalue weighted by atomic mass is 10.0. The molecule has 0 fully saturated rings. The number of carbonyl (C=O) groups excluding carboxylic acids is 1. The quantitative estimate of drug-likeness (QED) is 0.423. The zero-order valence-electron chi connectivity index (χ0n) is 19.8. The molecule has 0 aliphatic carbocycles. The third-order valence-electron chi connectivity index (χ3n) is 5.07. The van der Waals surface area contributed by atoms with E-state index in [9.17, 15) is 13.2 Å². The lowest BCUT2D eigenvalue weighted by Crippen LogP contribution is -2.44. The van der Waals surface area contributed by atoms with Gasteiger partial charge in [0, 0.05) is 10.9 Å². The Labute approximate surface area is 204 Å². The van der Waals surface area contributed by atoms with Gasteiger partial charge in [0.1, 0.15) is 6.04 Å². The van der Waals surface area contributed by atoms with E-state index in [-0.39, 0.29) is 10.8 Å². The maximum atomic E-state index is 13.0. The van der Waals surface area contributed by atoms with Crippen molar-refractivity contribution in [2.24, 2.45) is 5.92 Å². The van der Waals surface area contributed by atoms with Gasteiger partial charge in [0.15, 0.2) is 16.6 Å². The lowest BCUT2D eigenvalue weighted by molar-refractivity contribution is -0.118. The van der Waals surface area contributed by atoms with Gasteiger partial charge in [-0.2, -0.15) is 4.72 Å². The summed E-state index contributed by atoms with van der Waals surface area (Å²) in [4.78, 5) is 17.6. The first-order chi connectivity index (χ1) is 16.1. The van der Waals surface area contributed by atoms with Crippen molar-refractivity contribution in [2.75, 3.05) is 19.5 Å². The Kier molecular flexibility index (Phi) is 8.29. The molecular weight excluding hydrogens is 474 g/mol. The number of benzene rings is 2. The van der Waals surface area contributed by atoms with Crippen LogP contribution in [0.3, 0.4) is 0 Å². The maximum Gasteiger partial charge on any atom is 0.244 e. The fourth-order valence-corrected chi connectivity index (χ4v) is 5.24. The number of nitrogens with one attached hydrogen (secondary N) is 2. The monoisotopic (exact) mass is 503 g/mol. The minimum atomic E-state index is -3.86. The van der Waals surface area contributed by atoms with Gasteiger partial charge in [-0.05, 0) is 49.6 Å². The van der Waals surface area contributed by atoms with E-state index >= 15 is 0 Å². The molecule has 8 nitrogen and oxygen atoms in total. The van der Waals surface area contributed by atoms with Gasteiger partial charge < -0.3 is 14.8 Å². The molecule has 0 spiro atoms. The topological polar surface area (TPSA) is 107 Å². The Morgan fingerprint density at radius 3 is 2.35 bits per heavy atom. The largest absolute Gasteiger partial charge is 0.493 e. The van der Waals surface area contributed by atoms with Crippen LogP contribution in [-0.4, -0.2) is 39.6 Å². The summed E-state index contributed by atoms with van der Waals surface area (Å²) in [5.74, 6) is 0.807. The number of hydrogen-bond acceptors (Lipinski definition) is 7. The highest BCUT2D eigenvalue weighted by molar-refractivity contribution is 7.89. The fourth-order valence-electron chi connectivity index (χ4n) is 3.30. The van der Waals surface area contributed by atoms with E-state index in [0.29, 0.717) is 28.7 Å². The first kappa shape index (κ1) is 25.7. The zero-order chi connectivity index (χ0) is 24.9. The second-order valence-electron chi connectivity index (χ2n) is 8.21. The van der Waals surface area contributed by atoms with Crippen molar-refractivity contribution in [3.63, 3.8) is 0 Å². The molecule has 3 rings (SSSR count). The van der Waals surface area contributed by atoms with Crippen LogP contribution in [0.1, 0.15) is 25.8 Å². The van der Waals surface area contributed by atoms with Crippen LogP contribution in [0.4, 0.5) is 5.13 Å². The minimum absolute atomic E-state index is 0.0927. The number of sulfonamides is 1. The molecule has 2 aromatic carbocycles. The van der Waals surface area contributed by atoms with Crippen LogP contribution < -0.4 is 19.5 Å². The number of nitrogens with zero attached hydrogens (tertiary/aromatic N) is 1. The van der Waals surface area contributed by atoms with E-state index in [1.165, 1.54) is 23.5 Å². The lowest BCUT2D eigenvalue weighted by Gasteiger charge is -2.19. The van der Waals surface area contributed by atoms with E-state index in [0.717, 1.165) is 11.1 Å². The van der Waals surface area contributed by atoms with Crippen molar-refractivity contribution in [3.8, 4) is 22.8 Å². The number of rotatable bonds is 10. The van der Waals surface area contributed by atoms with Crippen LogP contribution in [-0.2, 0) is 14.8 Å². The van der Waals surface area contributed by atoms with E-state index in [4.69, 9.17) is 9.47 Å². The molecule has 0 saturated heterocycles. The number of aromatic nitrogens is 1. The third kappa shape index (κ3) is 6.34. The molecule has 34 heavy (non-hydrogen) atoms. The number of aryl methyl sites for hydroxylation is 1. The Hall–Kier alpha value is -2.95. The molecule has 0 bridgehead atoms. The summed E-state index contributed by atoms with van der Waals surface area (Å²) >= 11 is 1.26. The summed E-state index contributed by atoms with van der Waals surface area (Å²) in [6, 6.07) is 11.0. The zero-order valence-corrected chi connectivity index (χ0v) is 21.4. The molecule has 1 atom stereocenters. The smallest absolute Gasteiger partial charge is 0.244 e. The van der Waals surface area contributed by atoms with E-state index in [2.05, 4.69) is 15.0 Å². The average Bonchev–Trinajstić information content (AvgIpc) is 3.26. The van der Waals surface area contributed by atoms with Crippen LogP contribution in [0, 0.1) is 12.8 Å². The van der Waals surface area contributed by atoms with Crippen LogP contribution in [0.2, 0.25) is 0 Å². The Bertz CT molecular complexity index is 1240. The Balaban J connectivity index is 1.77. The molecule has 3 aromatic rings. The van der Waals surface area contributed by atoms with Gasteiger partial charge in [-0.25, -0.2) is 13.4 Å². The second kappa shape index (κ2) is 11.0. The highest BCUT2D eigenvalue weighted by Gasteiger charge is 2.27. The van der Waals surface area contributed by atoms with Crippen molar-refractivity contribution in [1.29, 1.82) is 0 Å². The molecule has 1 amide bonds. The van der Waals surface area contributed by atoms with Gasteiger partial charge in [-0.3, -0.25) is 4.79 Å². The van der Waals surface area contributed by atoms with Gasteiger partial charge in [0.05, 0.1) is 24.8 Å². The first-order valence-electron chi connectivity index (χ1n) is 10.7. The van der Waals surface area contributed by atoms with Crippen molar-refractivity contribution in [2.45, 2.75) is 38.1 Å². The minimum Gasteiger partial charge on any atom is -0.493 e. The molecule has 0 aliphatic rings. The average molecular weight is 504 g/mol. The number of thiazole rings is 1. The van der Waals surface area contributed by atoms with Gasteiger partial charge in [0.2, 0.25) is 15.9 Å². The second-order valence-corrected chi connectivity index (χ2v) is 10.8. The van der Waals surface area contributed by atoms with Gasteiger partial charge in [-0.1, -0.05) is 31.5 Å². The molecule has 0 aliphatic heterocycles. The Morgan fingerprint density at radius 1 is 1.06 bits per heavy atom. The highest BCUT2D eigenvalue weighted by Crippen LogP contribution is 2.33. The Morgan fingerprint density at radius 2 is 1.74 bits per heavy atom. The number of carbonyl (C=O) groups is 1. The number of hydrogen-bond donors (Lipinski definition) is 2. The van der Waals surface area contributed by atoms with Gasteiger partial charge in [-0.15, -0.1) is 11.3 Å². The molecule has 2 N–H and O–H groups in total. The molecule has 182 valence electrons. The first-order valence-corrected chi connectivity index (χ1v) is 13.1. The summed E-state index contributed by atoms with van der Waals surface area (Å²) in [5, 5.41) is 4.94. The predicted octanol–water partition coefficient (Wildman–Crippen LogP) is 4.47. The molecule has 1 heterocycles.